The number of hydrogen-bond acceptors (Lipinski definition) is 2. The van der Waals surface area contributed by atoms with E-state index in [0.29, 0.717) is 6.54 Å². The van der Waals surface area contributed by atoms with E-state index < -0.39 is 11.1 Å². The van der Waals surface area contributed by atoms with Crippen molar-refractivity contribution in [3.8, 4) is 0 Å². The van der Waals surface area contributed by atoms with Crippen molar-refractivity contribution in [3.63, 3.8) is 0 Å². The van der Waals surface area contributed by atoms with Gasteiger partial charge < -0.3 is 9.12 Å². The minimum atomic E-state index is -1.96. The maximum atomic E-state index is 10.4. The Bertz CT molecular complexity index is 464. The van der Waals surface area contributed by atoms with Gasteiger partial charge in [0.2, 0.25) is 0 Å². The van der Waals surface area contributed by atoms with E-state index in [2.05, 4.69) is 0 Å². The predicted octanol–water partition coefficient (Wildman–Crippen LogP) is 1.52. The van der Waals surface area contributed by atoms with Crippen molar-refractivity contribution >= 4 is 22.0 Å². The molecule has 0 saturated carbocycles. The van der Waals surface area contributed by atoms with Crippen LogP contribution in [0.1, 0.15) is 0 Å². The first-order chi connectivity index (χ1) is 6.77. The monoisotopic (exact) mass is 208 g/mol. The van der Waals surface area contributed by atoms with Gasteiger partial charge in [-0.05, 0) is 17.5 Å². The molecule has 1 heterocycles. The summed E-state index contributed by atoms with van der Waals surface area (Å²) >= 11 is -1.96. The Hall–Kier alpha value is -1.13. The average Bonchev–Trinajstić information content (AvgIpc) is 2.58. The number of nitrogens with zero attached hydrogens (tertiary/aromatic N) is 1. The molecule has 2 aromatic rings. The van der Waals surface area contributed by atoms with Gasteiger partial charge in [0, 0.05) is 24.0 Å². The van der Waals surface area contributed by atoms with E-state index in [9.17, 15) is 8.76 Å². The second kappa shape index (κ2) is 3.94. The Morgan fingerprint density at radius 2 is 2.07 bits per heavy atom. The summed E-state index contributed by atoms with van der Waals surface area (Å²) in [5.41, 5.74) is 1.08. The van der Waals surface area contributed by atoms with Crippen LogP contribution in [0, 0.1) is 0 Å². The highest BCUT2D eigenvalue weighted by molar-refractivity contribution is 7.79. The molecule has 0 radical (unpaired) electrons. The molecule has 74 valence electrons. The maximum absolute atomic E-state index is 10.4. The lowest BCUT2D eigenvalue weighted by Crippen LogP contribution is -2.05. The van der Waals surface area contributed by atoms with Gasteiger partial charge in [-0.15, -0.1) is 0 Å². The first-order valence-corrected chi connectivity index (χ1v) is 5.61. The fourth-order valence-corrected chi connectivity index (χ4v) is 1.85. The van der Waals surface area contributed by atoms with Gasteiger partial charge in [-0.25, -0.2) is 0 Å². The summed E-state index contributed by atoms with van der Waals surface area (Å²) in [7, 11) is 0. The number of fused-ring (bicyclic) bond motifs is 1. The molecule has 4 heteroatoms. The van der Waals surface area contributed by atoms with Gasteiger partial charge in [0.1, 0.15) is 0 Å². The Morgan fingerprint density at radius 3 is 2.86 bits per heavy atom. The van der Waals surface area contributed by atoms with Crippen LogP contribution in [0.25, 0.3) is 10.9 Å². The van der Waals surface area contributed by atoms with Crippen LogP contribution in [-0.4, -0.2) is 19.1 Å². The second-order valence-electron chi connectivity index (χ2n) is 3.08. The molecule has 3 nitrogen and oxygen atoms in total. The zero-order valence-corrected chi connectivity index (χ0v) is 8.37. The van der Waals surface area contributed by atoms with Crippen LogP contribution in [0.5, 0.6) is 0 Å². The van der Waals surface area contributed by atoms with Crippen LogP contribution in [0.4, 0.5) is 0 Å². The highest BCUT2D eigenvalue weighted by Crippen LogP contribution is 2.14. The summed E-state index contributed by atoms with van der Waals surface area (Å²) in [6.07, 6.45) is 1.91. The topological polar surface area (TPSA) is 45.1 Å². The number of benzene rings is 1. The van der Waals surface area contributed by atoms with E-state index in [4.69, 9.17) is 0 Å². The van der Waals surface area contributed by atoms with Gasteiger partial charge in [0.25, 0.3) is 0 Å². The molecule has 0 aliphatic heterocycles. The number of aromatic nitrogens is 1. The van der Waals surface area contributed by atoms with Crippen LogP contribution in [-0.2, 0) is 17.6 Å². The smallest absolute Gasteiger partial charge is 0.0480 e. The van der Waals surface area contributed by atoms with Crippen molar-refractivity contribution in [2.24, 2.45) is 0 Å². The van der Waals surface area contributed by atoms with E-state index in [1.54, 1.807) is 0 Å². The predicted molar refractivity (Wildman–Crippen MR) is 55.7 cm³/mol. The van der Waals surface area contributed by atoms with Crippen LogP contribution in [0.3, 0.4) is 0 Å². The van der Waals surface area contributed by atoms with E-state index in [1.165, 1.54) is 0 Å². The molecule has 1 unspecified atom stereocenters. The van der Waals surface area contributed by atoms with Crippen molar-refractivity contribution in [2.45, 2.75) is 6.54 Å². The van der Waals surface area contributed by atoms with Gasteiger partial charge in [-0.3, -0.25) is 4.21 Å². The zero-order valence-electron chi connectivity index (χ0n) is 7.55. The zero-order chi connectivity index (χ0) is 9.97. The fourth-order valence-electron chi connectivity index (χ4n) is 1.51. The highest BCUT2D eigenvalue weighted by atomic mass is 32.2. The van der Waals surface area contributed by atoms with Crippen molar-refractivity contribution in [1.82, 2.24) is 4.57 Å². The van der Waals surface area contributed by atoms with Crippen LogP contribution in [0.2, 0.25) is 0 Å². The first-order valence-electron chi connectivity index (χ1n) is 4.37. The molecule has 0 saturated heterocycles. The third-order valence-electron chi connectivity index (χ3n) is 2.18. The number of hydrogen-bond donors (Lipinski definition) is 0. The van der Waals surface area contributed by atoms with Gasteiger partial charge in [0.15, 0.2) is 0 Å². The van der Waals surface area contributed by atoms with Crippen molar-refractivity contribution < 1.29 is 8.76 Å². The van der Waals surface area contributed by atoms with Gasteiger partial charge >= 0.3 is 0 Å². The molecule has 1 atom stereocenters. The van der Waals surface area contributed by atoms with E-state index in [1.807, 2.05) is 41.1 Å². The molecule has 2 rings (SSSR count). The largest absolute Gasteiger partial charge is 0.772 e. The summed E-state index contributed by atoms with van der Waals surface area (Å²) in [5, 5.41) is 1.14. The van der Waals surface area contributed by atoms with Crippen molar-refractivity contribution in [1.29, 1.82) is 0 Å². The van der Waals surface area contributed by atoms with Crippen LogP contribution < -0.4 is 0 Å². The molecule has 1 aromatic heterocycles. The lowest BCUT2D eigenvalue weighted by molar-refractivity contribution is 0.532. The SMILES string of the molecule is O=S([O-])CCn1ccc2ccccc21. The Kier molecular flexibility index (Phi) is 2.65. The summed E-state index contributed by atoms with van der Waals surface area (Å²) in [6.45, 7) is 0.517. The summed E-state index contributed by atoms with van der Waals surface area (Å²) in [6, 6.07) is 9.91. The molecular formula is C10H10NO2S-. The Morgan fingerprint density at radius 1 is 1.29 bits per heavy atom. The van der Waals surface area contributed by atoms with E-state index in [-0.39, 0.29) is 5.75 Å². The first kappa shape index (κ1) is 9.43. The number of rotatable bonds is 3. The quantitative estimate of drug-likeness (QED) is 0.718. The van der Waals surface area contributed by atoms with E-state index >= 15 is 0 Å². The van der Waals surface area contributed by atoms with Gasteiger partial charge in [-0.2, -0.15) is 0 Å². The Balaban J connectivity index is 2.29. The molecule has 0 N–H and O–H groups in total. The lowest BCUT2D eigenvalue weighted by atomic mass is 10.2. The molecule has 0 aliphatic rings. The normalized spacial score (nSPS) is 13.2. The molecule has 0 bridgehead atoms. The standard InChI is InChI=1S/C10H11NO2S/c12-14(13)8-7-11-6-5-9-3-1-2-4-10(9)11/h1-6H,7-8H2,(H,12,13)/p-1. The average molecular weight is 208 g/mol. The minimum absolute atomic E-state index is 0.165. The molecule has 14 heavy (non-hydrogen) atoms. The van der Waals surface area contributed by atoms with Gasteiger partial charge in [0.05, 0.1) is 0 Å². The summed E-state index contributed by atoms with van der Waals surface area (Å²) < 4.78 is 22.8. The van der Waals surface area contributed by atoms with Crippen LogP contribution >= 0.6 is 0 Å². The molecule has 0 fully saturated rings. The highest BCUT2D eigenvalue weighted by Gasteiger charge is 1.98. The fraction of sp³-hybridized carbons (Fsp3) is 0.200. The number of para-hydroxylation sites is 1. The van der Waals surface area contributed by atoms with Crippen LogP contribution in [0.15, 0.2) is 36.5 Å². The molecule has 1 aromatic carbocycles. The molecule has 0 spiro atoms. The van der Waals surface area contributed by atoms with Gasteiger partial charge in [-0.1, -0.05) is 29.3 Å². The van der Waals surface area contributed by atoms with E-state index in [0.717, 1.165) is 10.9 Å². The molecule has 0 aliphatic carbocycles. The number of aryl methyl sites for hydroxylation is 1. The molecule has 0 amide bonds. The Labute approximate surface area is 84.6 Å². The third-order valence-corrected chi connectivity index (χ3v) is 2.69. The maximum Gasteiger partial charge on any atom is 0.0480 e. The third kappa shape index (κ3) is 1.86. The van der Waals surface area contributed by atoms with Crippen molar-refractivity contribution in [3.05, 3.63) is 36.5 Å². The second-order valence-corrected chi connectivity index (χ2v) is 4.09. The molecular weight excluding hydrogens is 198 g/mol. The lowest BCUT2D eigenvalue weighted by Gasteiger charge is -2.07. The van der Waals surface area contributed by atoms with Crippen molar-refractivity contribution in [2.75, 3.05) is 5.75 Å². The summed E-state index contributed by atoms with van der Waals surface area (Å²) in [4.78, 5) is 0. The minimum Gasteiger partial charge on any atom is -0.772 e. The summed E-state index contributed by atoms with van der Waals surface area (Å²) in [5.74, 6) is 0.165.